The van der Waals surface area contributed by atoms with Gasteiger partial charge in [-0.25, -0.2) is 0 Å². The lowest BCUT2D eigenvalue weighted by Gasteiger charge is -2.27. The van der Waals surface area contributed by atoms with Crippen LogP contribution in [0.4, 0.5) is 5.69 Å². The number of carbonyl (C=O) groups excluding carboxylic acids is 2. The molecule has 1 fully saturated rings. The minimum atomic E-state index is -0.880. The number of para-hydroxylation sites is 1. The zero-order valence-corrected chi connectivity index (χ0v) is 17.8. The highest BCUT2D eigenvalue weighted by Gasteiger charge is 2.48. The van der Waals surface area contributed by atoms with Crippen LogP contribution in [0.3, 0.4) is 0 Å². The van der Waals surface area contributed by atoms with Crippen molar-refractivity contribution >= 4 is 34.7 Å². The Morgan fingerprint density at radius 1 is 1.00 bits per heavy atom. The van der Waals surface area contributed by atoms with Crippen LogP contribution in [0.1, 0.15) is 22.7 Å². The van der Waals surface area contributed by atoms with Crippen LogP contribution in [-0.4, -0.2) is 23.9 Å². The summed E-state index contributed by atoms with van der Waals surface area (Å²) in [4.78, 5) is 27.7. The van der Waals surface area contributed by atoms with Gasteiger partial charge >= 0.3 is 0 Å². The van der Waals surface area contributed by atoms with E-state index in [0.717, 1.165) is 5.56 Å². The fourth-order valence-electron chi connectivity index (χ4n) is 3.77. The molecule has 5 nitrogen and oxygen atoms in total. The number of nitrogens with zero attached hydrogens (tertiary/aromatic N) is 1. The van der Waals surface area contributed by atoms with Crippen LogP contribution < -0.4 is 9.64 Å². The molecule has 0 aromatic heterocycles. The van der Waals surface area contributed by atoms with Crippen LogP contribution >= 0.6 is 11.6 Å². The van der Waals surface area contributed by atoms with Crippen LogP contribution in [0.15, 0.2) is 78.4 Å². The summed E-state index contributed by atoms with van der Waals surface area (Å²) >= 11 is 6.31. The second-order valence-corrected chi connectivity index (χ2v) is 7.62. The van der Waals surface area contributed by atoms with Crippen molar-refractivity contribution in [1.29, 1.82) is 0 Å². The van der Waals surface area contributed by atoms with Gasteiger partial charge in [0.2, 0.25) is 0 Å². The molecule has 3 aromatic rings. The number of hydrogen-bond acceptors (Lipinski definition) is 4. The molecule has 6 heteroatoms. The third-order valence-corrected chi connectivity index (χ3v) is 5.77. The van der Waals surface area contributed by atoms with Crippen LogP contribution in [0.25, 0.3) is 5.76 Å². The maximum absolute atomic E-state index is 13.2. The highest BCUT2D eigenvalue weighted by molar-refractivity contribution is 6.52. The van der Waals surface area contributed by atoms with Crippen LogP contribution in [-0.2, 0) is 9.59 Å². The van der Waals surface area contributed by atoms with E-state index < -0.39 is 17.7 Å². The van der Waals surface area contributed by atoms with Crippen molar-refractivity contribution in [3.63, 3.8) is 0 Å². The number of aliphatic hydroxyl groups excluding tert-OH is 1. The largest absolute Gasteiger partial charge is 0.507 e. The predicted molar refractivity (Wildman–Crippen MR) is 120 cm³/mol. The Morgan fingerprint density at radius 3 is 2.35 bits per heavy atom. The highest BCUT2D eigenvalue weighted by atomic mass is 35.5. The molecule has 31 heavy (non-hydrogen) atoms. The first-order valence-corrected chi connectivity index (χ1v) is 10.1. The number of halogens is 1. The van der Waals surface area contributed by atoms with Gasteiger partial charge in [0.15, 0.2) is 0 Å². The number of Topliss-reactive ketones (excluding diaryl/α,β-unsaturated/α-hetero) is 1. The molecule has 4 rings (SSSR count). The average Bonchev–Trinajstić information content (AvgIpc) is 3.06. The SMILES string of the molecule is COc1ccccc1C1/C(=C(\O)c2ccccc2)C(=O)C(=O)N1c1ccc(C)c(Cl)c1. The second-order valence-electron chi connectivity index (χ2n) is 7.21. The Kier molecular flexibility index (Phi) is 5.53. The Balaban J connectivity index is 2.00. The molecular weight excluding hydrogens is 414 g/mol. The molecule has 3 aromatic carbocycles. The summed E-state index contributed by atoms with van der Waals surface area (Å²) < 4.78 is 5.51. The number of ketones is 1. The third-order valence-electron chi connectivity index (χ3n) is 5.36. The zero-order valence-electron chi connectivity index (χ0n) is 17.0. The van der Waals surface area contributed by atoms with Gasteiger partial charge in [-0.2, -0.15) is 0 Å². The first-order valence-electron chi connectivity index (χ1n) is 9.69. The number of methoxy groups -OCH3 is 1. The van der Waals surface area contributed by atoms with Gasteiger partial charge in [0.05, 0.1) is 18.7 Å². The summed E-state index contributed by atoms with van der Waals surface area (Å²) in [6.45, 7) is 1.85. The Morgan fingerprint density at radius 2 is 1.68 bits per heavy atom. The molecule has 0 saturated carbocycles. The standard InChI is InChI=1S/C25H20ClNO4/c1-15-12-13-17(14-19(15)26)27-22(18-10-6-7-11-20(18)31-2)21(24(29)25(27)30)23(28)16-8-4-3-5-9-16/h3-14,22,28H,1-2H3/b23-21+. The topological polar surface area (TPSA) is 66.8 Å². The number of aliphatic hydroxyl groups is 1. The van der Waals surface area contributed by atoms with E-state index in [0.29, 0.717) is 27.6 Å². The van der Waals surface area contributed by atoms with E-state index in [2.05, 4.69) is 0 Å². The minimum Gasteiger partial charge on any atom is -0.507 e. The van der Waals surface area contributed by atoms with Crippen LogP contribution in [0, 0.1) is 6.92 Å². The number of anilines is 1. The van der Waals surface area contributed by atoms with Crippen molar-refractivity contribution in [2.24, 2.45) is 0 Å². The molecule has 0 aliphatic carbocycles. The van der Waals surface area contributed by atoms with Gasteiger partial charge in [-0.3, -0.25) is 14.5 Å². The monoisotopic (exact) mass is 433 g/mol. The molecule has 1 saturated heterocycles. The van der Waals surface area contributed by atoms with Gasteiger partial charge in [0.25, 0.3) is 11.7 Å². The summed E-state index contributed by atoms with van der Waals surface area (Å²) in [6, 6.07) is 20.1. The second kappa shape index (κ2) is 8.28. The molecule has 1 N–H and O–H groups in total. The lowest BCUT2D eigenvalue weighted by atomic mass is 9.94. The van der Waals surface area contributed by atoms with E-state index in [1.165, 1.54) is 12.0 Å². The van der Waals surface area contributed by atoms with E-state index >= 15 is 0 Å². The van der Waals surface area contributed by atoms with Crippen molar-refractivity contribution < 1.29 is 19.4 Å². The van der Waals surface area contributed by atoms with Gasteiger partial charge in [-0.05, 0) is 30.7 Å². The Labute approximate surface area is 185 Å². The van der Waals surface area contributed by atoms with Crippen molar-refractivity contribution in [3.8, 4) is 5.75 Å². The van der Waals surface area contributed by atoms with Crippen molar-refractivity contribution in [3.05, 3.63) is 100 Å². The smallest absolute Gasteiger partial charge is 0.300 e. The van der Waals surface area contributed by atoms with Crippen molar-refractivity contribution in [2.75, 3.05) is 12.0 Å². The molecule has 156 valence electrons. The fraction of sp³-hybridized carbons (Fsp3) is 0.120. The maximum Gasteiger partial charge on any atom is 0.300 e. The lowest BCUT2D eigenvalue weighted by molar-refractivity contribution is -0.132. The molecule has 0 spiro atoms. The molecular formula is C25H20ClNO4. The normalized spacial score (nSPS) is 17.8. The summed E-state index contributed by atoms with van der Waals surface area (Å²) in [5, 5.41) is 11.6. The lowest BCUT2D eigenvalue weighted by Crippen LogP contribution is -2.29. The molecule has 1 atom stereocenters. The van der Waals surface area contributed by atoms with E-state index in [-0.39, 0.29) is 11.3 Å². The summed E-state index contributed by atoms with van der Waals surface area (Å²) in [7, 11) is 1.52. The zero-order chi connectivity index (χ0) is 22.1. The molecule has 1 amide bonds. The first-order chi connectivity index (χ1) is 14.9. The number of rotatable bonds is 4. The fourth-order valence-corrected chi connectivity index (χ4v) is 3.94. The quantitative estimate of drug-likeness (QED) is 0.345. The average molecular weight is 434 g/mol. The van der Waals surface area contributed by atoms with Gasteiger partial charge in [-0.15, -0.1) is 0 Å². The highest BCUT2D eigenvalue weighted by Crippen LogP contribution is 2.45. The van der Waals surface area contributed by atoms with E-state index in [9.17, 15) is 14.7 Å². The number of carbonyl (C=O) groups is 2. The van der Waals surface area contributed by atoms with E-state index in [1.54, 1.807) is 72.8 Å². The van der Waals surface area contributed by atoms with Gasteiger partial charge in [-0.1, -0.05) is 66.2 Å². The number of benzene rings is 3. The third kappa shape index (κ3) is 3.57. The van der Waals surface area contributed by atoms with Crippen molar-refractivity contribution in [2.45, 2.75) is 13.0 Å². The van der Waals surface area contributed by atoms with E-state index in [4.69, 9.17) is 16.3 Å². The molecule has 0 bridgehead atoms. The molecule has 1 aliphatic rings. The number of amides is 1. The molecule has 1 heterocycles. The minimum absolute atomic E-state index is 0.00241. The number of aryl methyl sites for hydroxylation is 1. The van der Waals surface area contributed by atoms with Crippen LogP contribution in [0.5, 0.6) is 5.75 Å². The molecule has 1 aliphatic heterocycles. The van der Waals surface area contributed by atoms with E-state index in [1.807, 2.05) is 6.92 Å². The van der Waals surface area contributed by atoms with Crippen molar-refractivity contribution in [1.82, 2.24) is 0 Å². The summed E-state index contributed by atoms with van der Waals surface area (Å²) in [6.07, 6.45) is 0. The van der Waals surface area contributed by atoms with Gasteiger partial charge in [0.1, 0.15) is 11.5 Å². The Bertz CT molecular complexity index is 1200. The van der Waals surface area contributed by atoms with Gasteiger partial charge in [0, 0.05) is 21.8 Å². The molecule has 0 radical (unpaired) electrons. The maximum atomic E-state index is 13.2. The predicted octanol–water partition coefficient (Wildman–Crippen LogP) is 5.28. The number of ether oxygens (including phenoxy) is 1. The first kappa shape index (κ1) is 20.7. The number of hydrogen-bond donors (Lipinski definition) is 1. The summed E-state index contributed by atoms with van der Waals surface area (Å²) in [5.74, 6) is -1.26. The molecule has 1 unspecified atom stereocenters. The Hall–Kier alpha value is -3.57. The summed E-state index contributed by atoms with van der Waals surface area (Å²) in [5.41, 5.74) is 2.33. The van der Waals surface area contributed by atoms with Gasteiger partial charge < -0.3 is 9.84 Å². The van der Waals surface area contributed by atoms with Crippen LogP contribution in [0.2, 0.25) is 5.02 Å².